The summed E-state index contributed by atoms with van der Waals surface area (Å²) in [6.45, 7) is 4.33. The van der Waals surface area contributed by atoms with Gasteiger partial charge in [-0.3, -0.25) is 4.79 Å². The molecule has 3 N–H and O–H groups in total. The van der Waals surface area contributed by atoms with Crippen LogP contribution in [0.3, 0.4) is 0 Å². The van der Waals surface area contributed by atoms with Gasteiger partial charge in [-0.05, 0) is 12.8 Å². The summed E-state index contributed by atoms with van der Waals surface area (Å²) >= 11 is 0. The summed E-state index contributed by atoms with van der Waals surface area (Å²) in [5, 5.41) is 22.9. The molecule has 222 valence electrons. The summed E-state index contributed by atoms with van der Waals surface area (Å²) in [4.78, 5) is 12.2. The van der Waals surface area contributed by atoms with Gasteiger partial charge in [0.2, 0.25) is 5.91 Å². The van der Waals surface area contributed by atoms with Crippen molar-refractivity contribution in [3.8, 4) is 0 Å². The second-order valence-electron chi connectivity index (χ2n) is 11.6. The van der Waals surface area contributed by atoms with Gasteiger partial charge in [0, 0.05) is 6.42 Å². The van der Waals surface area contributed by atoms with E-state index in [0.717, 1.165) is 25.7 Å². The molecule has 0 aromatic heterocycles. The third kappa shape index (κ3) is 26.8. The van der Waals surface area contributed by atoms with Gasteiger partial charge in [0.05, 0.1) is 18.8 Å². The highest BCUT2D eigenvalue weighted by Gasteiger charge is 2.19. The van der Waals surface area contributed by atoms with Gasteiger partial charge in [-0.1, -0.05) is 168 Å². The minimum atomic E-state index is -0.649. The van der Waals surface area contributed by atoms with Crippen LogP contribution in [-0.2, 0) is 4.79 Å². The maximum Gasteiger partial charge on any atom is 0.220 e. The molecule has 0 saturated heterocycles. The zero-order valence-electron chi connectivity index (χ0n) is 25.3. The first kappa shape index (κ1) is 36.4. The molecule has 0 fully saturated rings. The summed E-state index contributed by atoms with van der Waals surface area (Å²) < 4.78 is 0. The van der Waals surface area contributed by atoms with Gasteiger partial charge >= 0.3 is 0 Å². The topological polar surface area (TPSA) is 69.6 Å². The Labute approximate surface area is 232 Å². The Morgan fingerprint density at radius 1 is 0.541 bits per heavy atom. The fourth-order valence-corrected chi connectivity index (χ4v) is 5.24. The molecule has 0 aliphatic rings. The summed E-state index contributed by atoms with van der Waals surface area (Å²) in [5.41, 5.74) is 0. The van der Waals surface area contributed by atoms with Crippen LogP contribution in [-0.4, -0.2) is 34.9 Å². The van der Waals surface area contributed by atoms with Crippen molar-refractivity contribution in [1.29, 1.82) is 0 Å². The van der Waals surface area contributed by atoms with Crippen LogP contribution in [0.1, 0.15) is 187 Å². The average Bonchev–Trinajstić information content (AvgIpc) is 2.90. The molecule has 4 heteroatoms. The molecular weight excluding hydrogens is 458 g/mol. The monoisotopic (exact) mass is 526 g/mol. The predicted octanol–water partition coefficient (Wildman–Crippen LogP) is 9.40. The van der Waals surface area contributed by atoms with E-state index in [0.29, 0.717) is 12.8 Å². The smallest absolute Gasteiger partial charge is 0.220 e. The van der Waals surface area contributed by atoms with Gasteiger partial charge < -0.3 is 15.5 Å². The molecule has 0 aromatic rings. The molecule has 0 unspecified atom stereocenters. The highest BCUT2D eigenvalue weighted by molar-refractivity contribution is 5.76. The second-order valence-corrected chi connectivity index (χ2v) is 11.6. The van der Waals surface area contributed by atoms with Gasteiger partial charge in [0.15, 0.2) is 0 Å². The summed E-state index contributed by atoms with van der Waals surface area (Å²) in [6.07, 6.45) is 32.9. The molecule has 2 atom stereocenters. The summed E-state index contributed by atoms with van der Waals surface area (Å²) in [7, 11) is 0. The Morgan fingerprint density at radius 2 is 0.865 bits per heavy atom. The lowest BCUT2D eigenvalue weighted by atomic mass is 10.0. The van der Waals surface area contributed by atoms with Crippen molar-refractivity contribution in [1.82, 2.24) is 5.32 Å². The number of aliphatic hydroxyl groups is 2. The molecule has 0 heterocycles. The highest BCUT2D eigenvalue weighted by atomic mass is 16.3. The van der Waals surface area contributed by atoms with Crippen molar-refractivity contribution < 1.29 is 15.0 Å². The third-order valence-corrected chi connectivity index (χ3v) is 7.87. The van der Waals surface area contributed by atoms with E-state index in [1.54, 1.807) is 0 Å². The minimum absolute atomic E-state index is 0.0342. The van der Waals surface area contributed by atoms with Crippen LogP contribution in [0.4, 0.5) is 0 Å². The fourth-order valence-electron chi connectivity index (χ4n) is 5.24. The van der Waals surface area contributed by atoms with Gasteiger partial charge in [-0.25, -0.2) is 0 Å². The van der Waals surface area contributed by atoms with Crippen LogP contribution >= 0.6 is 0 Å². The molecule has 0 aliphatic carbocycles. The van der Waals surface area contributed by atoms with Crippen molar-refractivity contribution in [2.24, 2.45) is 0 Å². The number of aliphatic hydroxyl groups excluding tert-OH is 2. The number of hydrogen-bond acceptors (Lipinski definition) is 3. The largest absolute Gasteiger partial charge is 0.394 e. The average molecular weight is 526 g/mol. The normalized spacial score (nSPS) is 13.1. The summed E-state index contributed by atoms with van der Waals surface area (Å²) in [5.74, 6) is -0.0342. The minimum Gasteiger partial charge on any atom is -0.394 e. The standard InChI is InChI=1S/C33H67NO3/c1-3-5-7-9-11-13-14-15-16-17-18-19-21-22-24-26-28-32(36)31(30-35)34-33(37)29-27-25-23-20-12-10-8-6-4-2/h31-32,35-36H,3-30H2,1-2H3,(H,34,37)/t31-,32+/m0/s1. The molecule has 0 spiro atoms. The SMILES string of the molecule is CCCCCCCCCCCCCCCCCC[C@@H](O)[C@H](CO)NC(=O)CCCCCCCCCCC. The third-order valence-electron chi connectivity index (χ3n) is 7.87. The molecule has 0 bridgehead atoms. The van der Waals surface area contributed by atoms with E-state index < -0.39 is 12.1 Å². The maximum absolute atomic E-state index is 12.2. The number of carbonyl (C=O) groups is 1. The van der Waals surface area contributed by atoms with Crippen LogP contribution in [0.25, 0.3) is 0 Å². The van der Waals surface area contributed by atoms with Crippen molar-refractivity contribution in [3.63, 3.8) is 0 Å². The van der Waals surface area contributed by atoms with E-state index in [9.17, 15) is 15.0 Å². The molecule has 0 rings (SSSR count). The number of unbranched alkanes of at least 4 members (excludes halogenated alkanes) is 23. The lowest BCUT2D eigenvalue weighted by Gasteiger charge is -2.22. The Bertz CT molecular complexity index is 457. The van der Waals surface area contributed by atoms with Gasteiger partial charge in [0.25, 0.3) is 0 Å². The molecule has 1 amide bonds. The first-order chi connectivity index (χ1) is 18.2. The number of rotatable bonds is 30. The van der Waals surface area contributed by atoms with Gasteiger partial charge in [-0.2, -0.15) is 0 Å². The fraction of sp³-hybridized carbons (Fsp3) is 0.970. The van der Waals surface area contributed by atoms with Crippen LogP contribution in [0.15, 0.2) is 0 Å². The number of hydrogen-bond donors (Lipinski definition) is 3. The lowest BCUT2D eigenvalue weighted by molar-refractivity contribution is -0.123. The van der Waals surface area contributed by atoms with Crippen molar-refractivity contribution in [2.75, 3.05) is 6.61 Å². The molecule has 0 aliphatic heterocycles. The van der Waals surface area contributed by atoms with E-state index in [2.05, 4.69) is 19.2 Å². The van der Waals surface area contributed by atoms with Gasteiger partial charge in [0.1, 0.15) is 0 Å². The van der Waals surface area contributed by atoms with Crippen molar-refractivity contribution in [3.05, 3.63) is 0 Å². The number of amides is 1. The highest BCUT2D eigenvalue weighted by Crippen LogP contribution is 2.15. The van der Waals surface area contributed by atoms with E-state index in [-0.39, 0.29) is 12.5 Å². The molecular formula is C33H67NO3. The van der Waals surface area contributed by atoms with E-state index >= 15 is 0 Å². The molecule has 4 nitrogen and oxygen atoms in total. The second kappa shape index (κ2) is 29.9. The number of carbonyl (C=O) groups excluding carboxylic acids is 1. The van der Waals surface area contributed by atoms with Crippen molar-refractivity contribution in [2.45, 2.75) is 199 Å². The zero-order valence-corrected chi connectivity index (χ0v) is 25.3. The Morgan fingerprint density at radius 3 is 1.22 bits per heavy atom. The number of nitrogens with one attached hydrogen (secondary N) is 1. The van der Waals surface area contributed by atoms with Crippen LogP contribution in [0.2, 0.25) is 0 Å². The Kier molecular flexibility index (Phi) is 29.4. The predicted molar refractivity (Wildman–Crippen MR) is 161 cm³/mol. The first-order valence-electron chi connectivity index (χ1n) is 16.7. The lowest BCUT2D eigenvalue weighted by Crippen LogP contribution is -2.45. The zero-order chi connectivity index (χ0) is 27.2. The van der Waals surface area contributed by atoms with E-state index in [1.165, 1.54) is 135 Å². The summed E-state index contributed by atoms with van der Waals surface area (Å²) in [6, 6.07) is -0.526. The first-order valence-corrected chi connectivity index (χ1v) is 16.7. The Balaban J connectivity index is 3.53. The van der Waals surface area contributed by atoms with Gasteiger partial charge in [-0.15, -0.1) is 0 Å². The van der Waals surface area contributed by atoms with E-state index in [4.69, 9.17) is 0 Å². The molecule has 37 heavy (non-hydrogen) atoms. The molecule has 0 radical (unpaired) electrons. The van der Waals surface area contributed by atoms with Crippen LogP contribution < -0.4 is 5.32 Å². The quantitative estimate of drug-likeness (QED) is 0.0818. The van der Waals surface area contributed by atoms with Crippen LogP contribution in [0, 0.1) is 0 Å². The molecule has 0 aromatic carbocycles. The van der Waals surface area contributed by atoms with Crippen molar-refractivity contribution >= 4 is 5.91 Å². The molecule has 0 saturated carbocycles. The maximum atomic E-state index is 12.2. The Hall–Kier alpha value is -0.610. The van der Waals surface area contributed by atoms with E-state index in [1.807, 2.05) is 0 Å². The van der Waals surface area contributed by atoms with Crippen LogP contribution in [0.5, 0.6) is 0 Å².